The Hall–Kier alpha value is -1.47. The van der Waals surface area contributed by atoms with Gasteiger partial charge >= 0.3 is 12.4 Å². The van der Waals surface area contributed by atoms with E-state index in [0.29, 0.717) is 6.07 Å². The molecule has 1 saturated carbocycles. The first kappa shape index (κ1) is 17.9. The summed E-state index contributed by atoms with van der Waals surface area (Å²) in [5, 5.41) is 9.75. The van der Waals surface area contributed by atoms with E-state index in [-0.39, 0.29) is 0 Å². The van der Waals surface area contributed by atoms with E-state index < -0.39 is 64.3 Å². The first-order valence-corrected chi connectivity index (χ1v) is 6.83. The Balaban J connectivity index is 2.75. The minimum Gasteiger partial charge on any atom is -0.505 e. The molecule has 0 bridgehead atoms. The van der Waals surface area contributed by atoms with Crippen molar-refractivity contribution in [1.82, 2.24) is 0 Å². The maximum Gasteiger partial charge on any atom is 0.398 e. The maximum absolute atomic E-state index is 14.1. The van der Waals surface area contributed by atoms with Crippen molar-refractivity contribution in [2.45, 2.75) is 56.8 Å². The van der Waals surface area contributed by atoms with Crippen LogP contribution in [0, 0.1) is 12.7 Å². The summed E-state index contributed by atoms with van der Waals surface area (Å²) in [6, 6.07) is 0.654. The van der Waals surface area contributed by atoms with E-state index >= 15 is 0 Å². The Morgan fingerprint density at radius 2 is 1.52 bits per heavy atom. The highest BCUT2D eigenvalue weighted by Gasteiger charge is 2.66. The molecule has 1 fully saturated rings. The van der Waals surface area contributed by atoms with Crippen LogP contribution in [0.3, 0.4) is 0 Å². The van der Waals surface area contributed by atoms with E-state index in [0.717, 1.165) is 20.8 Å². The summed E-state index contributed by atoms with van der Waals surface area (Å²) in [5.74, 6) is -2.66. The zero-order valence-corrected chi connectivity index (χ0v) is 12.6. The minimum absolute atomic E-state index is 0.390. The molecule has 0 atom stereocenters. The van der Waals surface area contributed by atoms with E-state index in [1.807, 2.05) is 0 Å². The van der Waals surface area contributed by atoms with Crippen molar-refractivity contribution >= 4 is 0 Å². The average molecular weight is 344 g/mol. The highest BCUT2D eigenvalue weighted by molar-refractivity contribution is 5.52. The predicted molar refractivity (Wildman–Crippen MR) is 68.8 cm³/mol. The van der Waals surface area contributed by atoms with Crippen LogP contribution in [-0.2, 0) is 10.8 Å². The van der Waals surface area contributed by atoms with E-state index in [1.54, 1.807) is 0 Å². The number of phenolic OH excluding ortho intramolecular Hbond substituents is 1. The number of alkyl halides is 6. The van der Waals surface area contributed by atoms with Crippen LogP contribution in [0.15, 0.2) is 6.07 Å². The first-order valence-electron chi connectivity index (χ1n) is 6.83. The second kappa shape index (κ2) is 4.77. The Morgan fingerprint density at radius 3 is 1.87 bits per heavy atom. The topological polar surface area (TPSA) is 20.2 Å². The quantitative estimate of drug-likeness (QED) is 0.725. The number of rotatable bonds is 2. The number of benzene rings is 1. The summed E-state index contributed by atoms with van der Waals surface area (Å²) < 4.78 is 93.3. The normalized spacial score (nSPS) is 18.2. The van der Waals surface area contributed by atoms with Crippen LogP contribution in [0.2, 0.25) is 0 Å². The fourth-order valence-corrected chi connectivity index (χ4v) is 2.73. The highest BCUT2D eigenvalue weighted by Crippen LogP contribution is 2.62. The third-order valence-electron chi connectivity index (χ3n) is 4.68. The van der Waals surface area contributed by atoms with Crippen LogP contribution in [-0.4, -0.2) is 17.5 Å². The minimum atomic E-state index is -4.78. The van der Waals surface area contributed by atoms with E-state index in [2.05, 4.69) is 0 Å². The van der Waals surface area contributed by atoms with E-state index in [9.17, 15) is 35.8 Å². The lowest BCUT2D eigenvalue weighted by Gasteiger charge is -2.32. The number of halogens is 7. The molecular formula is C15H15F7O. The Labute approximate surface area is 128 Å². The Morgan fingerprint density at radius 1 is 1.04 bits per heavy atom. The summed E-state index contributed by atoms with van der Waals surface area (Å²) in [6.07, 6.45) is -10.3. The molecule has 0 amide bonds. The smallest absolute Gasteiger partial charge is 0.398 e. The molecular weight excluding hydrogens is 329 g/mol. The molecule has 1 N–H and O–H groups in total. The zero-order chi connectivity index (χ0) is 18.0. The number of aromatic hydroxyl groups is 1. The molecule has 0 aromatic heterocycles. The standard InChI is InChI=1S/C15H15F7O/c1-7-8(12(2,3)14(17,18)19)6-9(11(23)10(7)16)13(4-5-13)15(20,21)22/h6,23H,4-5H2,1-3H3. The van der Waals surface area contributed by atoms with Crippen molar-refractivity contribution in [3.8, 4) is 5.75 Å². The highest BCUT2D eigenvalue weighted by atomic mass is 19.4. The molecule has 0 aliphatic heterocycles. The molecule has 0 spiro atoms. The van der Waals surface area contributed by atoms with Crippen molar-refractivity contribution in [1.29, 1.82) is 0 Å². The zero-order valence-electron chi connectivity index (χ0n) is 12.6. The fourth-order valence-electron chi connectivity index (χ4n) is 2.73. The third-order valence-corrected chi connectivity index (χ3v) is 4.68. The Kier molecular flexibility index (Phi) is 3.71. The number of hydrogen-bond acceptors (Lipinski definition) is 1. The predicted octanol–water partition coefficient (Wildman–Crippen LogP) is 5.27. The molecule has 1 nitrogen and oxygen atoms in total. The van der Waals surface area contributed by atoms with Gasteiger partial charge in [0, 0.05) is 5.56 Å². The summed E-state index contributed by atoms with van der Waals surface area (Å²) >= 11 is 0. The van der Waals surface area contributed by atoms with Crippen LogP contribution in [0.5, 0.6) is 5.75 Å². The summed E-state index contributed by atoms with van der Waals surface area (Å²) in [7, 11) is 0. The van der Waals surface area contributed by atoms with Gasteiger partial charge in [-0.15, -0.1) is 0 Å². The second-order valence-electron chi connectivity index (χ2n) is 6.46. The van der Waals surface area contributed by atoms with Crippen molar-refractivity contribution < 1.29 is 35.8 Å². The third kappa shape index (κ3) is 2.46. The lowest BCUT2D eigenvalue weighted by atomic mass is 9.78. The van der Waals surface area contributed by atoms with Crippen LogP contribution in [0.25, 0.3) is 0 Å². The molecule has 1 aromatic rings. The molecule has 1 aliphatic rings. The van der Waals surface area contributed by atoms with Crippen LogP contribution >= 0.6 is 0 Å². The number of hydrogen-bond donors (Lipinski definition) is 1. The van der Waals surface area contributed by atoms with Crippen molar-refractivity contribution in [3.05, 3.63) is 28.6 Å². The molecule has 23 heavy (non-hydrogen) atoms. The molecule has 2 rings (SSSR count). The Bertz CT molecular complexity index is 596. The molecule has 0 heterocycles. The molecule has 130 valence electrons. The summed E-state index contributed by atoms with van der Waals surface area (Å²) in [6.45, 7) is 2.54. The monoisotopic (exact) mass is 344 g/mol. The van der Waals surface area contributed by atoms with Crippen LogP contribution < -0.4 is 0 Å². The van der Waals surface area contributed by atoms with Gasteiger partial charge in [0.15, 0.2) is 11.6 Å². The lowest BCUT2D eigenvalue weighted by Crippen LogP contribution is -2.38. The second-order valence-corrected chi connectivity index (χ2v) is 6.46. The molecule has 1 aromatic carbocycles. The molecule has 0 unspecified atom stereocenters. The number of phenols is 1. The van der Waals surface area contributed by atoms with E-state index in [1.165, 1.54) is 0 Å². The molecule has 0 saturated heterocycles. The van der Waals surface area contributed by atoms with Gasteiger partial charge < -0.3 is 5.11 Å². The maximum atomic E-state index is 14.1. The van der Waals surface area contributed by atoms with Crippen molar-refractivity contribution in [2.24, 2.45) is 0 Å². The summed E-state index contributed by atoms with van der Waals surface area (Å²) in [5.41, 5.74) is -6.96. The molecule has 0 radical (unpaired) electrons. The fraction of sp³-hybridized carbons (Fsp3) is 0.600. The lowest BCUT2D eigenvalue weighted by molar-refractivity contribution is -0.180. The van der Waals surface area contributed by atoms with E-state index in [4.69, 9.17) is 0 Å². The van der Waals surface area contributed by atoms with Gasteiger partial charge in [0.25, 0.3) is 0 Å². The van der Waals surface area contributed by atoms with Gasteiger partial charge in [-0.1, -0.05) is 0 Å². The van der Waals surface area contributed by atoms with Gasteiger partial charge in [-0.3, -0.25) is 0 Å². The van der Waals surface area contributed by atoms with Gasteiger partial charge in [0.05, 0.1) is 10.8 Å². The average Bonchev–Trinajstić information content (AvgIpc) is 3.15. The van der Waals surface area contributed by atoms with Crippen molar-refractivity contribution in [3.63, 3.8) is 0 Å². The van der Waals surface area contributed by atoms with Crippen LogP contribution in [0.4, 0.5) is 30.7 Å². The van der Waals surface area contributed by atoms with Gasteiger partial charge in [-0.2, -0.15) is 26.3 Å². The van der Waals surface area contributed by atoms with Crippen molar-refractivity contribution in [2.75, 3.05) is 0 Å². The largest absolute Gasteiger partial charge is 0.505 e. The first-order chi connectivity index (χ1) is 10.2. The van der Waals surface area contributed by atoms with Gasteiger partial charge in [-0.25, -0.2) is 4.39 Å². The van der Waals surface area contributed by atoms with Crippen LogP contribution in [0.1, 0.15) is 43.4 Å². The van der Waals surface area contributed by atoms with Gasteiger partial charge in [-0.05, 0) is 50.8 Å². The van der Waals surface area contributed by atoms with Gasteiger partial charge in [0.2, 0.25) is 0 Å². The molecule has 1 aliphatic carbocycles. The van der Waals surface area contributed by atoms with Gasteiger partial charge in [0.1, 0.15) is 0 Å². The molecule has 8 heteroatoms. The SMILES string of the molecule is Cc1c(C(C)(C)C(F)(F)F)cc(C2(C(F)(F)F)CC2)c(O)c1F. The summed E-state index contributed by atoms with van der Waals surface area (Å²) in [4.78, 5) is 0.